The number of carbonyl (C=O) groups excluding carboxylic acids is 3. The molecule has 1 aromatic heterocycles. The fourth-order valence-electron chi connectivity index (χ4n) is 8.40. The maximum atomic E-state index is 13.7. The summed E-state index contributed by atoms with van der Waals surface area (Å²) in [6.45, 7) is 6.01. The lowest BCUT2D eigenvalue weighted by atomic mass is 9.46. The molecule has 5 aliphatic rings. The zero-order chi connectivity index (χ0) is 26.7. The molecule has 0 aromatic carbocycles. The van der Waals surface area contributed by atoms with Gasteiger partial charge in [-0.2, -0.15) is 0 Å². The van der Waals surface area contributed by atoms with Gasteiger partial charge in [0.15, 0.2) is 17.2 Å². The fourth-order valence-corrected chi connectivity index (χ4v) is 8.60. The maximum absolute atomic E-state index is 13.7. The van der Waals surface area contributed by atoms with Gasteiger partial charge in [0.05, 0.1) is 21.0 Å². The number of allylic oxidation sites excluding steroid dienone is 2. The van der Waals surface area contributed by atoms with Gasteiger partial charge in [0.1, 0.15) is 6.97 Å². The largest absolute Gasteiger partial charge is 0.457 e. The lowest BCUT2D eigenvalue weighted by Crippen LogP contribution is -2.63. The van der Waals surface area contributed by atoms with E-state index in [1.54, 1.807) is 12.2 Å². The Labute approximate surface area is 207 Å². The monoisotopic (exact) mass is 487 g/mol. The molecule has 180 valence electrons. The SMILES string of the molecule is [2H]c1oc(C(=O)O[C@]2(C(=O)CCl)[C@H](C)C[C@H]3[C@@H]4CCC5=CC(=O)C=C[C@]5(C)[C@@]45O[C@H]5C[C@@]32C)c([2H])c1[2H]. The van der Waals surface area contributed by atoms with Crippen LogP contribution < -0.4 is 0 Å². The van der Waals surface area contributed by atoms with Crippen LogP contribution >= 0.6 is 11.6 Å². The van der Waals surface area contributed by atoms with E-state index in [0.29, 0.717) is 12.8 Å². The van der Waals surface area contributed by atoms with Crippen molar-refractivity contribution in [2.45, 2.75) is 63.8 Å². The highest BCUT2D eigenvalue weighted by Gasteiger charge is 2.82. The number of hydrogen-bond acceptors (Lipinski definition) is 6. The Morgan fingerprint density at radius 3 is 2.82 bits per heavy atom. The molecular formula is C27H29ClO6. The van der Waals surface area contributed by atoms with Gasteiger partial charge in [-0.1, -0.05) is 25.5 Å². The van der Waals surface area contributed by atoms with Gasteiger partial charge in [-0.15, -0.1) is 11.6 Å². The number of alkyl halides is 1. The van der Waals surface area contributed by atoms with Crippen LogP contribution in [0.25, 0.3) is 0 Å². The first-order valence-electron chi connectivity index (χ1n) is 13.4. The lowest BCUT2D eigenvalue weighted by molar-refractivity contribution is -0.162. The summed E-state index contributed by atoms with van der Waals surface area (Å²) in [5.41, 5.74) is -2.18. The van der Waals surface area contributed by atoms with E-state index < -0.39 is 57.9 Å². The van der Waals surface area contributed by atoms with Crippen LogP contribution in [0.4, 0.5) is 0 Å². The first kappa shape index (κ1) is 19.1. The van der Waals surface area contributed by atoms with Gasteiger partial charge in [0.25, 0.3) is 0 Å². The quantitative estimate of drug-likeness (QED) is 0.348. The molecule has 0 amide bonds. The van der Waals surface area contributed by atoms with Crippen molar-refractivity contribution in [1.29, 1.82) is 0 Å². The highest BCUT2D eigenvalue weighted by Crippen LogP contribution is 2.77. The van der Waals surface area contributed by atoms with E-state index in [9.17, 15) is 14.4 Å². The Kier molecular flexibility index (Phi) is 3.89. The molecule has 6 rings (SSSR count). The van der Waals surface area contributed by atoms with E-state index >= 15 is 0 Å². The summed E-state index contributed by atoms with van der Waals surface area (Å²) in [5.74, 6) is -2.66. The average molecular weight is 488 g/mol. The highest BCUT2D eigenvalue weighted by molar-refractivity contribution is 6.29. The maximum Gasteiger partial charge on any atom is 0.375 e. The van der Waals surface area contributed by atoms with E-state index in [2.05, 4.69) is 6.92 Å². The number of ketones is 2. The highest BCUT2D eigenvalue weighted by atomic mass is 35.5. The third kappa shape index (κ3) is 2.44. The smallest absolute Gasteiger partial charge is 0.375 e. The van der Waals surface area contributed by atoms with Crippen LogP contribution in [0.3, 0.4) is 0 Å². The van der Waals surface area contributed by atoms with Crippen LogP contribution in [-0.2, 0) is 19.1 Å². The number of halogens is 1. The van der Waals surface area contributed by atoms with Crippen molar-refractivity contribution in [3.63, 3.8) is 0 Å². The van der Waals surface area contributed by atoms with Crippen molar-refractivity contribution in [3.05, 3.63) is 47.9 Å². The van der Waals surface area contributed by atoms with Gasteiger partial charge in [-0.05, 0) is 68.7 Å². The van der Waals surface area contributed by atoms with Crippen LogP contribution in [0.1, 0.15) is 61.1 Å². The van der Waals surface area contributed by atoms with Gasteiger partial charge < -0.3 is 13.9 Å². The van der Waals surface area contributed by atoms with Crippen LogP contribution in [-0.4, -0.2) is 40.7 Å². The summed E-state index contributed by atoms with van der Waals surface area (Å²) in [4.78, 5) is 39.1. The molecule has 2 heterocycles. The predicted molar refractivity (Wildman–Crippen MR) is 123 cm³/mol. The molecule has 1 spiro atoms. The molecule has 7 heteroatoms. The fraction of sp³-hybridized carbons (Fsp3) is 0.593. The van der Waals surface area contributed by atoms with Crippen LogP contribution in [0.5, 0.6) is 0 Å². The summed E-state index contributed by atoms with van der Waals surface area (Å²) in [7, 11) is 0. The van der Waals surface area contributed by atoms with Gasteiger partial charge in [-0.25, -0.2) is 4.79 Å². The molecule has 1 aromatic rings. The minimum absolute atomic E-state index is 0.00772. The van der Waals surface area contributed by atoms with Crippen LogP contribution in [0, 0.1) is 28.6 Å². The van der Waals surface area contributed by atoms with E-state index in [1.165, 1.54) is 0 Å². The number of hydrogen-bond donors (Lipinski definition) is 0. The van der Waals surface area contributed by atoms with Crippen molar-refractivity contribution in [2.75, 3.05) is 5.88 Å². The number of furan rings is 1. The molecule has 1 aliphatic heterocycles. The molecule has 0 N–H and O–H groups in total. The molecule has 1 saturated heterocycles. The summed E-state index contributed by atoms with van der Waals surface area (Å²) in [5, 5.41) is 0. The Morgan fingerprint density at radius 2 is 2.12 bits per heavy atom. The minimum Gasteiger partial charge on any atom is -0.457 e. The molecule has 0 bridgehead atoms. The first-order valence-corrected chi connectivity index (χ1v) is 12.4. The van der Waals surface area contributed by atoms with Crippen LogP contribution in [0.15, 0.2) is 46.5 Å². The van der Waals surface area contributed by atoms with Gasteiger partial charge in [0.2, 0.25) is 5.76 Å². The van der Waals surface area contributed by atoms with Gasteiger partial charge in [-0.3, -0.25) is 9.59 Å². The number of esters is 1. The number of epoxide rings is 1. The predicted octanol–water partition coefficient (Wildman–Crippen LogP) is 4.67. The van der Waals surface area contributed by atoms with Gasteiger partial charge in [0, 0.05) is 16.7 Å². The topological polar surface area (TPSA) is 86.1 Å². The van der Waals surface area contributed by atoms with Crippen molar-refractivity contribution >= 4 is 29.1 Å². The molecule has 0 radical (unpaired) electrons. The Morgan fingerprint density at radius 1 is 1.32 bits per heavy atom. The normalized spacial score (nSPS) is 47.2. The molecule has 8 atom stereocenters. The molecule has 3 saturated carbocycles. The molecule has 34 heavy (non-hydrogen) atoms. The zero-order valence-electron chi connectivity index (χ0n) is 22.4. The van der Waals surface area contributed by atoms with E-state index in [0.717, 1.165) is 18.4 Å². The first-order chi connectivity index (χ1) is 17.4. The summed E-state index contributed by atoms with van der Waals surface area (Å²) in [6, 6.07) is -1.05. The minimum atomic E-state index is -1.58. The Hall–Kier alpha value is -2.18. The van der Waals surface area contributed by atoms with E-state index in [4.69, 9.17) is 29.6 Å². The third-order valence-corrected chi connectivity index (χ3v) is 10.1. The lowest BCUT2D eigenvalue weighted by Gasteiger charge is -2.56. The molecule has 4 fully saturated rings. The molecule has 4 aliphatic carbocycles. The van der Waals surface area contributed by atoms with E-state index in [1.807, 2.05) is 19.9 Å². The van der Waals surface area contributed by atoms with Gasteiger partial charge >= 0.3 is 5.97 Å². The number of ether oxygens (including phenoxy) is 2. The molecule has 0 unspecified atom stereocenters. The second-order valence-corrected chi connectivity index (χ2v) is 11.2. The summed E-state index contributed by atoms with van der Waals surface area (Å²) in [6.07, 6.45) is 7.18. The van der Waals surface area contributed by atoms with Crippen LogP contribution in [0.2, 0.25) is 0 Å². The number of carbonyl (C=O) groups is 3. The van der Waals surface area contributed by atoms with Crippen molar-refractivity contribution < 1.29 is 32.4 Å². The summed E-state index contributed by atoms with van der Waals surface area (Å²) < 4.78 is 41.2. The number of fused-ring (bicyclic) bond motifs is 3. The number of Topliss-reactive ketones (excluding diaryl/α,β-unsaturated/α-hetero) is 1. The molecular weight excluding hydrogens is 456 g/mol. The third-order valence-electron chi connectivity index (χ3n) is 9.83. The standard InChI is InChI=1S/C27H29ClO6/c1-15-11-19-18-7-6-16-12-17(29)8-9-24(16,2)27(18)22(33-27)13-25(19,3)26(15,21(30)14-28)34-23(31)20-5-4-10-32-20/h4-5,8-10,12,15,18-19,22H,6-7,11,13-14H2,1-3H3/t15-,18+,19+,22+,24+,25+,26+,27-/m1/s1/i4D,5D,10D. The van der Waals surface area contributed by atoms with Crippen molar-refractivity contribution in [3.8, 4) is 0 Å². The van der Waals surface area contributed by atoms with E-state index in [-0.39, 0.29) is 35.5 Å². The van der Waals surface area contributed by atoms with Crippen molar-refractivity contribution in [1.82, 2.24) is 0 Å². The second-order valence-electron chi connectivity index (χ2n) is 11.0. The summed E-state index contributed by atoms with van der Waals surface area (Å²) >= 11 is 6.14. The number of rotatable bonds is 4. The Bertz CT molecular complexity index is 1320. The van der Waals surface area contributed by atoms with Crippen molar-refractivity contribution in [2.24, 2.45) is 28.6 Å². The Balaban J connectivity index is 1.42. The average Bonchev–Trinajstić information content (AvgIpc) is 3.46. The zero-order valence-corrected chi connectivity index (χ0v) is 20.2. The second kappa shape index (κ2) is 6.94. The molecule has 6 nitrogen and oxygen atoms in total.